The Balaban J connectivity index is 1.30. The SMILES string of the molecule is C[C@@]12Cc3c([nH]c4ccc(Cl)cc34)C(c3cccc(O)c3)N1C(=O)C(CCCCCNC1CCC1)C2=O. The lowest BCUT2D eigenvalue weighted by atomic mass is 9.79. The highest BCUT2D eigenvalue weighted by atomic mass is 35.5. The summed E-state index contributed by atoms with van der Waals surface area (Å²) in [6.45, 7) is 2.92. The van der Waals surface area contributed by atoms with Gasteiger partial charge in [-0.2, -0.15) is 0 Å². The number of halogens is 1. The Kier molecular flexibility index (Phi) is 6.28. The van der Waals surface area contributed by atoms with Crippen LogP contribution in [0.3, 0.4) is 0 Å². The van der Waals surface area contributed by atoms with Gasteiger partial charge in [0.25, 0.3) is 0 Å². The molecule has 2 aromatic carbocycles. The lowest BCUT2D eigenvalue weighted by Gasteiger charge is -2.44. The van der Waals surface area contributed by atoms with E-state index in [-0.39, 0.29) is 17.4 Å². The number of phenols is 1. The van der Waals surface area contributed by atoms with Gasteiger partial charge in [0.1, 0.15) is 11.3 Å². The van der Waals surface area contributed by atoms with E-state index < -0.39 is 17.5 Å². The summed E-state index contributed by atoms with van der Waals surface area (Å²) >= 11 is 6.35. The number of benzene rings is 2. The molecule has 2 aliphatic heterocycles. The third-order valence-electron chi connectivity index (χ3n) is 8.76. The van der Waals surface area contributed by atoms with Crippen LogP contribution in [0.5, 0.6) is 5.75 Å². The molecule has 6 rings (SSSR count). The van der Waals surface area contributed by atoms with Crippen molar-refractivity contribution in [2.75, 3.05) is 6.54 Å². The molecule has 3 atom stereocenters. The van der Waals surface area contributed by atoms with E-state index in [9.17, 15) is 14.7 Å². The third-order valence-corrected chi connectivity index (χ3v) is 9.00. The Labute approximate surface area is 222 Å². The van der Waals surface area contributed by atoms with Gasteiger partial charge >= 0.3 is 0 Å². The van der Waals surface area contributed by atoms with Gasteiger partial charge < -0.3 is 20.3 Å². The number of unbranched alkanes of at least 4 members (excludes halogenated alkanes) is 2. The van der Waals surface area contributed by atoms with Crippen LogP contribution in [-0.2, 0) is 16.0 Å². The Morgan fingerprint density at radius 1 is 1.14 bits per heavy atom. The number of hydrogen-bond acceptors (Lipinski definition) is 4. The number of hydrogen-bond donors (Lipinski definition) is 3. The average molecular weight is 520 g/mol. The minimum atomic E-state index is -0.950. The van der Waals surface area contributed by atoms with Gasteiger partial charge in [-0.3, -0.25) is 9.59 Å². The molecule has 194 valence electrons. The van der Waals surface area contributed by atoms with E-state index in [1.54, 1.807) is 23.1 Å². The molecule has 3 N–H and O–H groups in total. The van der Waals surface area contributed by atoms with Gasteiger partial charge in [-0.05, 0) is 80.6 Å². The smallest absolute Gasteiger partial charge is 0.234 e. The minimum Gasteiger partial charge on any atom is -0.508 e. The van der Waals surface area contributed by atoms with Gasteiger partial charge in [0.15, 0.2) is 5.78 Å². The number of carbonyl (C=O) groups is 2. The summed E-state index contributed by atoms with van der Waals surface area (Å²) in [4.78, 5) is 33.2. The average Bonchev–Trinajstić information content (AvgIpc) is 3.28. The maximum absolute atomic E-state index is 14.0. The molecular weight excluding hydrogens is 486 g/mol. The lowest BCUT2D eigenvalue weighted by Crippen LogP contribution is -2.53. The number of H-pyrrole nitrogens is 1. The Hall–Kier alpha value is -2.83. The number of aromatic amines is 1. The number of rotatable bonds is 8. The van der Waals surface area contributed by atoms with Crippen molar-refractivity contribution < 1.29 is 14.7 Å². The first-order valence-electron chi connectivity index (χ1n) is 13.6. The summed E-state index contributed by atoms with van der Waals surface area (Å²) in [6.07, 6.45) is 7.85. The maximum atomic E-state index is 14.0. The van der Waals surface area contributed by atoms with Crippen LogP contribution in [0.2, 0.25) is 5.02 Å². The summed E-state index contributed by atoms with van der Waals surface area (Å²) in [6, 6.07) is 12.9. The first kappa shape index (κ1) is 24.5. The largest absolute Gasteiger partial charge is 0.508 e. The fourth-order valence-electron chi connectivity index (χ4n) is 6.57. The van der Waals surface area contributed by atoms with Crippen molar-refractivity contribution in [1.29, 1.82) is 0 Å². The molecule has 1 aromatic heterocycles. The number of Topliss-reactive ketones (excluding diaryl/α,β-unsaturated/α-hetero) is 1. The van der Waals surface area contributed by atoms with Crippen LogP contribution >= 0.6 is 11.6 Å². The summed E-state index contributed by atoms with van der Waals surface area (Å²) < 4.78 is 0. The molecule has 7 heteroatoms. The number of ketones is 1. The molecule has 0 radical (unpaired) electrons. The molecule has 6 nitrogen and oxygen atoms in total. The number of amides is 1. The molecule has 1 saturated carbocycles. The molecule has 0 spiro atoms. The van der Waals surface area contributed by atoms with Crippen LogP contribution in [0.4, 0.5) is 0 Å². The van der Waals surface area contributed by atoms with E-state index in [4.69, 9.17) is 11.6 Å². The number of nitrogens with zero attached hydrogens (tertiary/aromatic N) is 1. The van der Waals surface area contributed by atoms with Gasteiger partial charge in [-0.15, -0.1) is 0 Å². The molecule has 1 saturated heterocycles. The van der Waals surface area contributed by atoms with Gasteiger partial charge in [0.2, 0.25) is 5.91 Å². The number of nitrogens with one attached hydrogen (secondary N) is 2. The summed E-state index contributed by atoms with van der Waals surface area (Å²) in [5.41, 5.74) is 2.68. The number of carbonyl (C=O) groups excluding carboxylic acids is 2. The van der Waals surface area contributed by atoms with Crippen LogP contribution in [-0.4, -0.2) is 44.8 Å². The van der Waals surface area contributed by atoms with Crippen LogP contribution in [0.25, 0.3) is 10.9 Å². The Bertz CT molecular complexity index is 1360. The van der Waals surface area contributed by atoms with Crippen LogP contribution in [0, 0.1) is 5.92 Å². The van der Waals surface area contributed by atoms with Crippen LogP contribution < -0.4 is 5.32 Å². The molecule has 2 fully saturated rings. The molecule has 1 aliphatic carbocycles. The second-order valence-electron chi connectivity index (χ2n) is 11.2. The fourth-order valence-corrected chi connectivity index (χ4v) is 6.75. The normalized spacial score (nSPS) is 25.4. The first-order chi connectivity index (χ1) is 17.9. The van der Waals surface area contributed by atoms with Crippen molar-refractivity contribution in [1.82, 2.24) is 15.2 Å². The molecule has 37 heavy (non-hydrogen) atoms. The van der Waals surface area contributed by atoms with Gasteiger partial charge in [0.05, 0.1) is 12.0 Å². The van der Waals surface area contributed by atoms with Crippen molar-refractivity contribution in [2.45, 2.75) is 75.9 Å². The second-order valence-corrected chi connectivity index (χ2v) is 11.6. The van der Waals surface area contributed by atoms with Gasteiger partial charge in [0, 0.05) is 34.1 Å². The van der Waals surface area contributed by atoms with Crippen molar-refractivity contribution >= 4 is 34.2 Å². The standard InChI is InChI=1S/C30H34ClN3O3/c1-30-17-24-23-16-19(31)12-13-25(23)33-26(24)27(18-7-5-10-21(35)15-18)34(30)29(37)22(28(30)36)11-3-2-4-14-32-20-8-6-9-20/h5,7,10,12-13,15-16,20,22,27,32-33,35H,2-4,6,8-9,11,14,17H2,1H3/t22?,27?,30-/m0/s1. The highest BCUT2D eigenvalue weighted by molar-refractivity contribution is 6.31. The lowest BCUT2D eigenvalue weighted by molar-refractivity contribution is -0.136. The zero-order chi connectivity index (χ0) is 25.7. The molecule has 0 bridgehead atoms. The van der Waals surface area contributed by atoms with Crippen molar-refractivity contribution in [3.63, 3.8) is 0 Å². The monoisotopic (exact) mass is 519 g/mol. The summed E-state index contributed by atoms with van der Waals surface area (Å²) in [5, 5.41) is 15.5. The quantitative estimate of drug-likeness (QED) is 0.265. The highest BCUT2D eigenvalue weighted by Gasteiger charge is 2.60. The molecule has 3 aromatic rings. The van der Waals surface area contributed by atoms with Crippen LogP contribution in [0.1, 0.15) is 74.7 Å². The first-order valence-corrected chi connectivity index (χ1v) is 13.9. The fraction of sp³-hybridized carbons (Fsp3) is 0.467. The minimum absolute atomic E-state index is 0.0114. The number of aromatic hydroxyl groups is 1. The zero-order valence-corrected chi connectivity index (χ0v) is 22.0. The van der Waals surface area contributed by atoms with Gasteiger partial charge in [-0.25, -0.2) is 0 Å². The maximum Gasteiger partial charge on any atom is 0.234 e. The van der Waals surface area contributed by atoms with Gasteiger partial charge in [-0.1, -0.05) is 43.0 Å². The number of phenolic OH excluding ortho intramolecular Hbond substituents is 1. The number of aromatic nitrogens is 1. The molecule has 1 amide bonds. The molecule has 2 unspecified atom stereocenters. The van der Waals surface area contributed by atoms with E-state index in [1.807, 2.05) is 31.2 Å². The van der Waals surface area contributed by atoms with E-state index in [0.29, 0.717) is 23.9 Å². The molecule has 3 heterocycles. The molecule has 3 aliphatic rings. The predicted octanol–water partition coefficient (Wildman–Crippen LogP) is 5.66. The molecular formula is C30H34ClN3O3. The van der Waals surface area contributed by atoms with E-state index in [0.717, 1.165) is 53.5 Å². The van der Waals surface area contributed by atoms with Crippen molar-refractivity contribution in [2.24, 2.45) is 5.92 Å². The van der Waals surface area contributed by atoms with Crippen molar-refractivity contribution in [3.05, 3.63) is 64.3 Å². The topological polar surface area (TPSA) is 85.4 Å². The van der Waals surface area contributed by atoms with Crippen LogP contribution in [0.15, 0.2) is 42.5 Å². The summed E-state index contributed by atoms with van der Waals surface area (Å²) in [5.74, 6) is -0.577. The van der Waals surface area contributed by atoms with E-state index in [1.165, 1.54) is 19.3 Å². The Morgan fingerprint density at radius 2 is 1.97 bits per heavy atom. The zero-order valence-electron chi connectivity index (χ0n) is 21.2. The Morgan fingerprint density at radius 3 is 2.73 bits per heavy atom. The second kappa shape index (κ2) is 9.48. The number of fused-ring (bicyclic) bond motifs is 4. The summed E-state index contributed by atoms with van der Waals surface area (Å²) in [7, 11) is 0. The third kappa shape index (κ3) is 4.15. The highest BCUT2D eigenvalue weighted by Crippen LogP contribution is 2.50. The van der Waals surface area contributed by atoms with E-state index >= 15 is 0 Å². The van der Waals surface area contributed by atoms with Crippen molar-refractivity contribution in [3.8, 4) is 5.75 Å². The van der Waals surface area contributed by atoms with E-state index in [2.05, 4.69) is 10.3 Å². The predicted molar refractivity (Wildman–Crippen MR) is 145 cm³/mol.